The third-order valence-electron chi connectivity index (χ3n) is 5.33. The number of nitrogens with zero attached hydrogens (tertiary/aromatic N) is 1. The molecule has 1 heterocycles. The summed E-state index contributed by atoms with van der Waals surface area (Å²) in [5.74, 6) is 0.207. The third-order valence-corrected chi connectivity index (χ3v) is 5.33. The van der Waals surface area contributed by atoms with Crippen LogP contribution in [0.4, 0.5) is 9.59 Å². The molecule has 29 heavy (non-hydrogen) atoms. The Hall–Kier alpha value is -3.28. The van der Waals surface area contributed by atoms with E-state index < -0.39 is 11.6 Å². The third kappa shape index (κ3) is 4.77. The maximum atomic E-state index is 12.6. The molecule has 0 radical (unpaired) electrons. The Morgan fingerprint density at radius 3 is 2.24 bits per heavy atom. The Bertz CT molecular complexity index is 884. The summed E-state index contributed by atoms with van der Waals surface area (Å²) in [5.41, 5.74) is 1.39. The predicted octanol–water partition coefficient (Wildman–Crippen LogP) is 3.88. The summed E-state index contributed by atoms with van der Waals surface area (Å²) >= 11 is 0. The SMILES string of the molecule is O=C(N[C@]12C[C@H]1C=CCN(C(=O)OCc1ccccc1)C2)OCc1ccccc1. The van der Waals surface area contributed by atoms with Gasteiger partial charge in [-0.2, -0.15) is 0 Å². The second-order valence-corrected chi connectivity index (χ2v) is 7.50. The topological polar surface area (TPSA) is 67.9 Å². The molecule has 2 aromatic carbocycles. The van der Waals surface area contributed by atoms with Crippen LogP contribution in [0.15, 0.2) is 72.8 Å². The van der Waals surface area contributed by atoms with E-state index in [2.05, 4.69) is 11.4 Å². The van der Waals surface area contributed by atoms with E-state index in [4.69, 9.17) is 9.47 Å². The molecular formula is C23H24N2O4. The molecule has 1 N–H and O–H groups in total. The smallest absolute Gasteiger partial charge is 0.410 e. The summed E-state index contributed by atoms with van der Waals surface area (Å²) < 4.78 is 10.8. The first-order chi connectivity index (χ1) is 14.1. The van der Waals surface area contributed by atoms with E-state index in [1.807, 2.05) is 66.7 Å². The highest BCUT2D eigenvalue weighted by Crippen LogP contribution is 2.46. The van der Waals surface area contributed by atoms with Crippen molar-refractivity contribution in [3.63, 3.8) is 0 Å². The molecule has 1 fully saturated rings. The Morgan fingerprint density at radius 1 is 0.966 bits per heavy atom. The van der Waals surface area contributed by atoms with E-state index in [9.17, 15) is 9.59 Å². The van der Waals surface area contributed by atoms with Crippen LogP contribution < -0.4 is 5.32 Å². The summed E-state index contributed by atoms with van der Waals surface area (Å²) in [6.07, 6.45) is 3.95. The van der Waals surface area contributed by atoms with Gasteiger partial charge in [-0.15, -0.1) is 0 Å². The van der Waals surface area contributed by atoms with Crippen LogP contribution in [0.5, 0.6) is 0 Å². The number of hydrogen-bond donors (Lipinski definition) is 1. The fourth-order valence-corrected chi connectivity index (χ4v) is 3.62. The van der Waals surface area contributed by atoms with E-state index >= 15 is 0 Å². The van der Waals surface area contributed by atoms with Crippen molar-refractivity contribution in [2.45, 2.75) is 25.2 Å². The number of alkyl carbamates (subject to hydrolysis) is 1. The van der Waals surface area contributed by atoms with Gasteiger partial charge in [0.25, 0.3) is 0 Å². The van der Waals surface area contributed by atoms with Crippen molar-refractivity contribution in [3.05, 3.63) is 83.9 Å². The fraction of sp³-hybridized carbons (Fsp3) is 0.304. The predicted molar refractivity (Wildman–Crippen MR) is 108 cm³/mol. The van der Waals surface area contributed by atoms with Crippen molar-refractivity contribution < 1.29 is 19.1 Å². The lowest BCUT2D eigenvalue weighted by molar-refractivity contribution is 0.0924. The van der Waals surface area contributed by atoms with Crippen LogP contribution >= 0.6 is 0 Å². The summed E-state index contributed by atoms with van der Waals surface area (Å²) in [6, 6.07) is 19.1. The largest absolute Gasteiger partial charge is 0.445 e. The molecule has 1 aliphatic heterocycles. The molecule has 4 rings (SSSR count). The lowest BCUT2D eigenvalue weighted by atomic mass is 10.2. The Labute approximate surface area is 170 Å². The van der Waals surface area contributed by atoms with Gasteiger partial charge in [-0.3, -0.25) is 0 Å². The van der Waals surface area contributed by atoms with E-state index in [0.29, 0.717) is 13.1 Å². The van der Waals surface area contributed by atoms with Gasteiger partial charge < -0.3 is 19.7 Å². The number of carbonyl (C=O) groups excluding carboxylic acids is 2. The molecule has 6 heteroatoms. The van der Waals surface area contributed by atoms with Gasteiger partial charge in [0.05, 0.1) is 5.54 Å². The Kier molecular flexibility index (Phi) is 5.51. The minimum Gasteiger partial charge on any atom is -0.445 e. The van der Waals surface area contributed by atoms with Crippen molar-refractivity contribution in [1.82, 2.24) is 10.2 Å². The van der Waals surface area contributed by atoms with Gasteiger partial charge in [-0.25, -0.2) is 9.59 Å². The molecule has 2 aliphatic rings. The molecule has 0 saturated heterocycles. The van der Waals surface area contributed by atoms with Gasteiger partial charge in [-0.05, 0) is 17.5 Å². The molecule has 1 aliphatic carbocycles. The van der Waals surface area contributed by atoms with Crippen molar-refractivity contribution >= 4 is 12.2 Å². The number of benzene rings is 2. The van der Waals surface area contributed by atoms with E-state index in [1.165, 1.54) is 0 Å². The second kappa shape index (κ2) is 8.39. The zero-order chi connectivity index (χ0) is 20.1. The number of nitrogens with one attached hydrogen (secondary N) is 1. The van der Waals surface area contributed by atoms with Crippen LogP contribution in [0.1, 0.15) is 17.5 Å². The molecule has 1 saturated carbocycles. The van der Waals surface area contributed by atoms with Crippen LogP contribution in [0.3, 0.4) is 0 Å². The van der Waals surface area contributed by atoms with E-state index in [0.717, 1.165) is 17.5 Å². The zero-order valence-corrected chi connectivity index (χ0v) is 16.1. The normalized spacial score (nSPS) is 22.2. The van der Waals surface area contributed by atoms with E-state index in [-0.39, 0.29) is 25.2 Å². The van der Waals surface area contributed by atoms with Gasteiger partial charge in [0.2, 0.25) is 0 Å². The highest BCUT2D eigenvalue weighted by molar-refractivity contribution is 5.71. The molecule has 0 spiro atoms. The maximum Gasteiger partial charge on any atom is 0.410 e. The molecule has 6 nitrogen and oxygen atoms in total. The summed E-state index contributed by atoms with van der Waals surface area (Å²) in [4.78, 5) is 26.5. The van der Waals surface area contributed by atoms with E-state index in [1.54, 1.807) is 4.90 Å². The average molecular weight is 392 g/mol. The molecule has 2 amide bonds. The Morgan fingerprint density at radius 2 is 1.59 bits per heavy atom. The van der Waals surface area contributed by atoms with Crippen LogP contribution in [-0.2, 0) is 22.7 Å². The van der Waals surface area contributed by atoms with Crippen molar-refractivity contribution in [2.24, 2.45) is 5.92 Å². The highest BCUT2D eigenvalue weighted by atomic mass is 16.6. The summed E-state index contributed by atoms with van der Waals surface area (Å²) in [7, 11) is 0. The van der Waals surface area contributed by atoms with Crippen molar-refractivity contribution in [3.8, 4) is 0 Å². The monoisotopic (exact) mass is 392 g/mol. The number of rotatable bonds is 5. The minimum atomic E-state index is -0.480. The number of fused-ring (bicyclic) bond motifs is 1. The zero-order valence-electron chi connectivity index (χ0n) is 16.1. The lowest BCUT2D eigenvalue weighted by Crippen LogP contribution is -2.48. The number of hydrogen-bond acceptors (Lipinski definition) is 4. The van der Waals surface area contributed by atoms with Crippen molar-refractivity contribution in [1.29, 1.82) is 0 Å². The van der Waals surface area contributed by atoms with Crippen LogP contribution in [0.25, 0.3) is 0 Å². The van der Waals surface area contributed by atoms with Gasteiger partial charge in [0.1, 0.15) is 13.2 Å². The van der Waals surface area contributed by atoms with Gasteiger partial charge in [0.15, 0.2) is 0 Å². The minimum absolute atomic E-state index is 0.207. The number of amides is 2. The molecule has 0 aromatic heterocycles. The molecule has 2 atom stereocenters. The molecule has 2 aromatic rings. The Balaban J connectivity index is 1.31. The van der Waals surface area contributed by atoms with Gasteiger partial charge >= 0.3 is 12.2 Å². The van der Waals surface area contributed by atoms with Gasteiger partial charge in [-0.1, -0.05) is 72.8 Å². The van der Waals surface area contributed by atoms with Crippen LogP contribution in [0.2, 0.25) is 0 Å². The quantitative estimate of drug-likeness (QED) is 0.784. The average Bonchev–Trinajstić information content (AvgIpc) is 3.44. The number of ether oxygens (including phenoxy) is 2. The van der Waals surface area contributed by atoms with Crippen LogP contribution in [-0.4, -0.2) is 35.7 Å². The first-order valence-corrected chi connectivity index (χ1v) is 9.76. The standard InChI is InChI=1S/C23H24N2O4/c26-21(28-15-18-8-3-1-4-9-18)24-23-14-20(23)12-7-13-25(17-23)22(27)29-16-19-10-5-2-6-11-19/h1-12,20H,13-17H2,(H,24,26)/t20-,23+/m1/s1. The summed E-state index contributed by atoms with van der Waals surface area (Å²) in [6.45, 7) is 1.31. The fourth-order valence-electron chi connectivity index (χ4n) is 3.62. The first kappa shape index (κ1) is 19.1. The molecule has 0 bridgehead atoms. The number of carbonyl (C=O) groups is 2. The van der Waals surface area contributed by atoms with Crippen LogP contribution in [0, 0.1) is 5.92 Å². The van der Waals surface area contributed by atoms with Gasteiger partial charge in [0, 0.05) is 19.0 Å². The molecule has 0 unspecified atom stereocenters. The first-order valence-electron chi connectivity index (χ1n) is 9.76. The summed E-state index contributed by atoms with van der Waals surface area (Å²) in [5, 5.41) is 2.98. The molecule has 150 valence electrons. The second-order valence-electron chi connectivity index (χ2n) is 7.50. The lowest BCUT2D eigenvalue weighted by Gasteiger charge is -2.26. The molecular weight excluding hydrogens is 368 g/mol. The highest BCUT2D eigenvalue weighted by Gasteiger charge is 2.56. The maximum absolute atomic E-state index is 12.6. The van der Waals surface area contributed by atoms with Crippen molar-refractivity contribution in [2.75, 3.05) is 13.1 Å².